The van der Waals surface area contributed by atoms with Crippen LogP contribution in [0.5, 0.6) is 0 Å². The van der Waals surface area contributed by atoms with Crippen LogP contribution in [0.15, 0.2) is 48.5 Å². The zero-order valence-corrected chi connectivity index (χ0v) is 16.7. The largest absolute Gasteiger partial charge is 0.342 e. The number of carbonyl (C=O) groups is 1. The van der Waals surface area contributed by atoms with Gasteiger partial charge in [0.1, 0.15) is 5.82 Å². The lowest BCUT2D eigenvalue weighted by Gasteiger charge is -2.27. The van der Waals surface area contributed by atoms with Gasteiger partial charge in [0.05, 0.1) is 6.42 Å². The summed E-state index contributed by atoms with van der Waals surface area (Å²) < 4.78 is 13.7. The SMILES string of the molecule is CN1C[C@H]2CN(C(=O)Cc3ccc(Cl)cc3)C[C@H]2[C@@H]1c1cccc(F)c1.Cl. The molecule has 0 N–H and O–H groups in total. The second kappa shape index (κ2) is 8.17. The highest BCUT2D eigenvalue weighted by Crippen LogP contribution is 2.44. The summed E-state index contributed by atoms with van der Waals surface area (Å²) in [6.45, 7) is 2.46. The third kappa shape index (κ3) is 4.13. The molecule has 0 saturated carbocycles. The molecule has 27 heavy (non-hydrogen) atoms. The van der Waals surface area contributed by atoms with Crippen molar-refractivity contribution >= 4 is 29.9 Å². The van der Waals surface area contributed by atoms with Crippen LogP contribution in [0, 0.1) is 17.7 Å². The summed E-state index contributed by atoms with van der Waals surface area (Å²) in [5.41, 5.74) is 1.99. The molecule has 2 aromatic carbocycles. The van der Waals surface area contributed by atoms with E-state index in [9.17, 15) is 9.18 Å². The van der Waals surface area contributed by atoms with Crippen molar-refractivity contribution < 1.29 is 9.18 Å². The third-order valence-electron chi connectivity index (χ3n) is 5.71. The number of hydrogen-bond donors (Lipinski definition) is 0. The molecule has 4 rings (SSSR count). The van der Waals surface area contributed by atoms with Gasteiger partial charge in [0, 0.05) is 36.6 Å². The second-order valence-electron chi connectivity index (χ2n) is 7.47. The summed E-state index contributed by atoms with van der Waals surface area (Å²) in [6, 6.07) is 14.5. The average Bonchev–Trinajstić information content (AvgIpc) is 3.13. The van der Waals surface area contributed by atoms with Gasteiger partial charge < -0.3 is 4.90 Å². The van der Waals surface area contributed by atoms with Gasteiger partial charge in [0.25, 0.3) is 0 Å². The molecule has 2 aliphatic rings. The number of halogens is 3. The van der Waals surface area contributed by atoms with E-state index in [2.05, 4.69) is 11.9 Å². The maximum Gasteiger partial charge on any atom is 0.227 e. The van der Waals surface area contributed by atoms with Crippen LogP contribution in [-0.4, -0.2) is 42.4 Å². The van der Waals surface area contributed by atoms with Crippen molar-refractivity contribution in [2.24, 2.45) is 11.8 Å². The van der Waals surface area contributed by atoms with Crippen molar-refractivity contribution in [2.45, 2.75) is 12.5 Å². The van der Waals surface area contributed by atoms with Gasteiger partial charge in [0.2, 0.25) is 5.91 Å². The minimum atomic E-state index is -0.201. The fourth-order valence-corrected chi connectivity index (χ4v) is 4.67. The molecule has 6 heteroatoms. The van der Waals surface area contributed by atoms with Crippen molar-refractivity contribution in [1.82, 2.24) is 9.80 Å². The van der Waals surface area contributed by atoms with Gasteiger partial charge in [-0.25, -0.2) is 4.39 Å². The van der Waals surface area contributed by atoms with Gasteiger partial charge in [0.15, 0.2) is 0 Å². The molecule has 0 unspecified atom stereocenters. The van der Waals surface area contributed by atoms with Gasteiger partial charge >= 0.3 is 0 Å². The van der Waals surface area contributed by atoms with E-state index in [0.29, 0.717) is 23.3 Å². The predicted molar refractivity (Wildman–Crippen MR) is 108 cm³/mol. The third-order valence-corrected chi connectivity index (χ3v) is 5.96. The van der Waals surface area contributed by atoms with Crippen LogP contribution in [0.3, 0.4) is 0 Å². The summed E-state index contributed by atoms with van der Waals surface area (Å²) in [5, 5.41) is 0.679. The van der Waals surface area contributed by atoms with Gasteiger partial charge in [-0.1, -0.05) is 35.9 Å². The van der Waals surface area contributed by atoms with Crippen molar-refractivity contribution in [3.63, 3.8) is 0 Å². The smallest absolute Gasteiger partial charge is 0.227 e. The number of benzene rings is 2. The van der Waals surface area contributed by atoms with E-state index in [-0.39, 0.29) is 30.2 Å². The molecule has 2 heterocycles. The molecule has 1 amide bonds. The number of nitrogens with zero attached hydrogens (tertiary/aromatic N) is 2. The Morgan fingerprint density at radius 2 is 1.89 bits per heavy atom. The van der Waals surface area contributed by atoms with E-state index in [1.807, 2.05) is 35.2 Å². The molecule has 2 fully saturated rings. The molecule has 3 nitrogen and oxygen atoms in total. The van der Waals surface area contributed by atoms with Crippen LogP contribution >= 0.6 is 24.0 Å². The van der Waals surface area contributed by atoms with Crippen LogP contribution < -0.4 is 0 Å². The summed E-state index contributed by atoms with van der Waals surface area (Å²) in [4.78, 5) is 17.0. The Morgan fingerprint density at radius 3 is 2.59 bits per heavy atom. The maximum atomic E-state index is 13.7. The quantitative estimate of drug-likeness (QED) is 0.759. The van der Waals surface area contributed by atoms with Crippen LogP contribution in [0.1, 0.15) is 17.2 Å². The molecule has 2 aliphatic heterocycles. The Kier molecular flexibility index (Phi) is 6.09. The molecule has 3 atom stereocenters. The Bertz CT molecular complexity index is 814. The Hall–Kier alpha value is -1.62. The molecule has 0 aliphatic carbocycles. The summed E-state index contributed by atoms with van der Waals surface area (Å²) in [6.07, 6.45) is 0.400. The lowest BCUT2D eigenvalue weighted by atomic mass is 9.89. The summed E-state index contributed by atoms with van der Waals surface area (Å²) in [7, 11) is 2.09. The lowest BCUT2D eigenvalue weighted by molar-refractivity contribution is -0.129. The van der Waals surface area contributed by atoms with E-state index in [0.717, 1.165) is 30.8 Å². The molecule has 0 spiro atoms. The Balaban J connectivity index is 0.00000210. The van der Waals surface area contributed by atoms with Crippen LogP contribution in [0.25, 0.3) is 0 Å². The highest BCUT2D eigenvalue weighted by Gasteiger charge is 2.47. The fraction of sp³-hybridized carbons (Fsp3) is 0.381. The normalized spacial score (nSPS) is 24.6. The zero-order valence-electron chi connectivity index (χ0n) is 15.1. The molecule has 2 aromatic rings. The van der Waals surface area contributed by atoms with Crippen molar-refractivity contribution in [3.8, 4) is 0 Å². The second-order valence-corrected chi connectivity index (χ2v) is 7.90. The number of likely N-dealkylation sites (tertiary alicyclic amines) is 2. The molecule has 2 saturated heterocycles. The topological polar surface area (TPSA) is 23.6 Å². The van der Waals surface area contributed by atoms with Gasteiger partial charge in [-0.15, -0.1) is 12.4 Å². The van der Waals surface area contributed by atoms with E-state index in [1.54, 1.807) is 12.1 Å². The summed E-state index contributed by atoms with van der Waals surface area (Å²) in [5.74, 6) is 0.758. The van der Waals surface area contributed by atoms with Crippen LogP contribution in [0.4, 0.5) is 4.39 Å². The molecule has 144 valence electrons. The molecule has 0 radical (unpaired) electrons. The molecule has 0 aromatic heterocycles. The van der Waals surface area contributed by atoms with Crippen LogP contribution in [-0.2, 0) is 11.2 Å². The van der Waals surface area contributed by atoms with Crippen molar-refractivity contribution in [1.29, 1.82) is 0 Å². The highest BCUT2D eigenvalue weighted by atomic mass is 35.5. The fourth-order valence-electron chi connectivity index (χ4n) is 4.54. The zero-order chi connectivity index (χ0) is 18.3. The maximum absolute atomic E-state index is 13.7. The lowest BCUT2D eigenvalue weighted by Crippen LogP contribution is -2.34. The minimum Gasteiger partial charge on any atom is -0.342 e. The number of fused-ring (bicyclic) bond motifs is 1. The monoisotopic (exact) mass is 408 g/mol. The number of amides is 1. The minimum absolute atomic E-state index is 0. The first-order valence-electron chi connectivity index (χ1n) is 8.99. The number of carbonyl (C=O) groups excluding carboxylic acids is 1. The van der Waals surface area contributed by atoms with Crippen molar-refractivity contribution in [2.75, 3.05) is 26.7 Å². The van der Waals surface area contributed by atoms with E-state index in [1.165, 1.54) is 6.07 Å². The van der Waals surface area contributed by atoms with Gasteiger partial charge in [-0.2, -0.15) is 0 Å². The van der Waals surface area contributed by atoms with Crippen molar-refractivity contribution in [3.05, 3.63) is 70.5 Å². The van der Waals surface area contributed by atoms with E-state index < -0.39 is 0 Å². The van der Waals surface area contributed by atoms with E-state index in [4.69, 9.17) is 11.6 Å². The molecular weight excluding hydrogens is 386 g/mol. The van der Waals surface area contributed by atoms with Gasteiger partial charge in [-0.3, -0.25) is 9.69 Å². The Labute approximate surface area is 170 Å². The first-order chi connectivity index (χ1) is 12.5. The first-order valence-corrected chi connectivity index (χ1v) is 9.37. The standard InChI is InChI=1S/C21H22ClFN2O.ClH/c1-24-11-16-12-25(20(26)9-14-5-7-17(22)8-6-14)13-19(16)21(24)15-3-2-4-18(23)10-15;/h2-8,10,16,19,21H,9,11-13H2,1H3;1H/t16-,19+,21-;/m0./s1. The first kappa shape index (κ1) is 20.1. The average molecular weight is 409 g/mol. The predicted octanol–water partition coefficient (Wildman–Crippen LogP) is 4.20. The number of hydrogen-bond acceptors (Lipinski definition) is 2. The highest BCUT2D eigenvalue weighted by molar-refractivity contribution is 6.30. The van der Waals surface area contributed by atoms with Gasteiger partial charge in [-0.05, 0) is 48.4 Å². The number of rotatable bonds is 3. The summed E-state index contributed by atoms with van der Waals surface area (Å²) >= 11 is 5.91. The molecule has 0 bridgehead atoms. The van der Waals surface area contributed by atoms with Crippen LogP contribution in [0.2, 0.25) is 5.02 Å². The Morgan fingerprint density at radius 1 is 1.15 bits per heavy atom. The van der Waals surface area contributed by atoms with E-state index >= 15 is 0 Å². The molecular formula is C21H23Cl2FN2O.